The van der Waals surface area contributed by atoms with Gasteiger partial charge in [-0.1, -0.05) is 255 Å². The zero-order valence-electron chi connectivity index (χ0n) is 45.3. The molecule has 6 nitrogen and oxygen atoms in total. The Hall–Kier alpha value is -2.18. The molecule has 0 heterocycles. The lowest BCUT2D eigenvalue weighted by Crippen LogP contribution is -2.45. The van der Waals surface area contributed by atoms with Gasteiger partial charge >= 0.3 is 5.97 Å². The average molecular weight is 955 g/mol. The first-order chi connectivity index (χ1) is 33.5. The molecule has 2 atom stereocenters. The summed E-state index contributed by atoms with van der Waals surface area (Å²) in [4.78, 5) is 24.5. The molecule has 0 aliphatic carbocycles. The Labute approximate surface area is 423 Å². The quantitative estimate of drug-likeness (QED) is 0.0321. The molecule has 0 spiro atoms. The van der Waals surface area contributed by atoms with Crippen molar-refractivity contribution in [2.75, 3.05) is 13.2 Å². The van der Waals surface area contributed by atoms with E-state index in [1.165, 1.54) is 225 Å². The molecule has 0 bridgehead atoms. The highest BCUT2D eigenvalue weighted by molar-refractivity contribution is 5.76. The van der Waals surface area contributed by atoms with Gasteiger partial charge in [-0.05, 0) is 89.9 Å². The zero-order chi connectivity index (χ0) is 49.3. The predicted molar refractivity (Wildman–Crippen MR) is 296 cm³/mol. The topological polar surface area (TPSA) is 95.9 Å². The summed E-state index contributed by atoms with van der Waals surface area (Å²) >= 11 is 0. The second kappa shape index (κ2) is 57.4. The molecule has 398 valence electrons. The van der Waals surface area contributed by atoms with E-state index in [9.17, 15) is 19.8 Å². The first-order valence-corrected chi connectivity index (χ1v) is 29.9. The molecule has 0 aromatic carbocycles. The van der Waals surface area contributed by atoms with Crippen molar-refractivity contribution < 1.29 is 24.5 Å². The van der Waals surface area contributed by atoms with Crippen LogP contribution < -0.4 is 5.32 Å². The number of carbonyl (C=O) groups is 2. The van der Waals surface area contributed by atoms with Crippen molar-refractivity contribution in [3.8, 4) is 0 Å². The third-order valence-corrected chi connectivity index (χ3v) is 13.6. The van der Waals surface area contributed by atoms with Crippen LogP contribution in [0, 0.1) is 0 Å². The molecule has 0 rings (SSSR count). The van der Waals surface area contributed by atoms with Crippen molar-refractivity contribution in [3.05, 3.63) is 48.6 Å². The number of aliphatic hydroxyl groups excluding tert-OH is 2. The fourth-order valence-electron chi connectivity index (χ4n) is 8.95. The van der Waals surface area contributed by atoms with Crippen molar-refractivity contribution in [2.45, 2.75) is 321 Å². The third-order valence-electron chi connectivity index (χ3n) is 13.6. The molecule has 0 aliphatic rings. The van der Waals surface area contributed by atoms with Crippen LogP contribution in [0.25, 0.3) is 0 Å². The Balaban J connectivity index is 3.44. The lowest BCUT2D eigenvalue weighted by molar-refractivity contribution is -0.143. The summed E-state index contributed by atoms with van der Waals surface area (Å²) in [7, 11) is 0. The monoisotopic (exact) mass is 954 g/mol. The van der Waals surface area contributed by atoms with Gasteiger partial charge in [0.1, 0.15) is 0 Å². The van der Waals surface area contributed by atoms with Crippen molar-refractivity contribution >= 4 is 11.9 Å². The molecule has 3 N–H and O–H groups in total. The standard InChI is InChI=1S/C62H115NO5/c1-3-5-7-9-11-13-15-17-18-28-32-36-40-44-48-52-56-62(67)68-57-53-49-45-41-37-33-29-26-24-22-20-19-21-23-25-27-31-35-39-43-47-51-55-61(66)63-59(58-64)60(65)54-50-46-42-38-34-30-16-14-12-10-8-6-4-2/h13,15,18,21,23,28,50,54,59-60,64-65H,3-12,14,16-17,19-20,22,24-27,29-49,51-53,55-58H2,1-2H3,(H,63,66)/b15-13-,23-21-,28-18-,54-50+. The van der Waals surface area contributed by atoms with Crippen molar-refractivity contribution in [1.29, 1.82) is 0 Å². The van der Waals surface area contributed by atoms with Gasteiger partial charge in [-0.15, -0.1) is 0 Å². The fourth-order valence-corrected chi connectivity index (χ4v) is 8.95. The summed E-state index contributed by atoms with van der Waals surface area (Å²) in [6.07, 6.45) is 72.8. The van der Waals surface area contributed by atoms with E-state index in [0.717, 1.165) is 57.8 Å². The first kappa shape index (κ1) is 65.8. The Morgan fingerprint density at radius 1 is 0.412 bits per heavy atom. The number of esters is 1. The van der Waals surface area contributed by atoms with Crippen LogP contribution >= 0.6 is 0 Å². The molecule has 0 fully saturated rings. The maximum absolute atomic E-state index is 12.4. The smallest absolute Gasteiger partial charge is 0.305 e. The maximum atomic E-state index is 12.4. The molecule has 0 aromatic heterocycles. The Bertz CT molecular complexity index is 1150. The van der Waals surface area contributed by atoms with Gasteiger partial charge in [-0.3, -0.25) is 9.59 Å². The van der Waals surface area contributed by atoms with Gasteiger partial charge in [0.05, 0.1) is 25.4 Å². The van der Waals surface area contributed by atoms with Crippen molar-refractivity contribution in [1.82, 2.24) is 5.32 Å². The van der Waals surface area contributed by atoms with Crippen LogP contribution in [0.4, 0.5) is 0 Å². The van der Waals surface area contributed by atoms with Crippen LogP contribution in [0.5, 0.6) is 0 Å². The number of amides is 1. The van der Waals surface area contributed by atoms with E-state index in [2.05, 4.69) is 55.6 Å². The number of allylic oxidation sites excluding steroid dienone is 7. The molecular formula is C62H115NO5. The summed E-state index contributed by atoms with van der Waals surface area (Å²) < 4.78 is 5.48. The molecule has 6 heteroatoms. The van der Waals surface area contributed by atoms with Crippen LogP contribution in [-0.4, -0.2) is 47.4 Å². The predicted octanol–water partition coefficient (Wildman–Crippen LogP) is 18.6. The number of unbranched alkanes of at least 4 members (excludes halogenated alkanes) is 38. The van der Waals surface area contributed by atoms with E-state index in [-0.39, 0.29) is 18.5 Å². The minimum atomic E-state index is -0.849. The molecular weight excluding hydrogens is 839 g/mol. The van der Waals surface area contributed by atoms with E-state index < -0.39 is 12.1 Å². The molecule has 0 radical (unpaired) electrons. The number of carbonyl (C=O) groups excluding carboxylic acids is 2. The second-order valence-electron chi connectivity index (χ2n) is 20.3. The summed E-state index contributed by atoms with van der Waals surface area (Å²) in [6.45, 7) is 4.87. The van der Waals surface area contributed by atoms with Crippen LogP contribution in [0.3, 0.4) is 0 Å². The lowest BCUT2D eigenvalue weighted by Gasteiger charge is -2.20. The highest BCUT2D eigenvalue weighted by Crippen LogP contribution is 2.16. The summed E-state index contributed by atoms with van der Waals surface area (Å²) in [5.41, 5.74) is 0. The first-order valence-electron chi connectivity index (χ1n) is 29.9. The van der Waals surface area contributed by atoms with E-state index in [1.54, 1.807) is 6.08 Å². The molecule has 0 aromatic rings. The Kier molecular flexibility index (Phi) is 55.6. The van der Waals surface area contributed by atoms with Crippen LogP contribution in [0.1, 0.15) is 309 Å². The second-order valence-corrected chi connectivity index (χ2v) is 20.3. The van der Waals surface area contributed by atoms with Gasteiger partial charge in [-0.25, -0.2) is 0 Å². The largest absolute Gasteiger partial charge is 0.466 e. The van der Waals surface area contributed by atoms with Gasteiger partial charge in [0.15, 0.2) is 0 Å². The van der Waals surface area contributed by atoms with E-state index >= 15 is 0 Å². The summed E-state index contributed by atoms with van der Waals surface area (Å²) in [6, 6.07) is -0.633. The Morgan fingerprint density at radius 2 is 0.735 bits per heavy atom. The highest BCUT2D eigenvalue weighted by atomic mass is 16.5. The highest BCUT2D eigenvalue weighted by Gasteiger charge is 2.18. The number of rotatable bonds is 55. The summed E-state index contributed by atoms with van der Waals surface area (Å²) in [5.74, 6) is -0.0804. The summed E-state index contributed by atoms with van der Waals surface area (Å²) in [5, 5.41) is 23.1. The zero-order valence-corrected chi connectivity index (χ0v) is 45.3. The minimum absolute atomic E-state index is 0.00458. The molecule has 1 amide bonds. The van der Waals surface area contributed by atoms with Crippen molar-refractivity contribution in [2.24, 2.45) is 0 Å². The van der Waals surface area contributed by atoms with Crippen LogP contribution in [0.2, 0.25) is 0 Å². The van der Waals surface area contributed by atoms with Crippen molar-refractivity contribution in [3.63, 3.8) is 0 Å². The number of hydrogen-bond donors (Lipinski definition) is 3. The van der Waals surface area contributed by atoms with Crippen LogP contribution in [-0.2, 0) is 14.3 Å². The van der Waals surface area contributed by atoms with Gasteiger partial charge in [0.2, 0.25) is 5.91 Å². The average Bonchev–Trinajstić information content (AvgIpc) is 3.34. The number of ether oxygens (including phenoxy) is 1. The molecule has 0 aliphatic heterocycles. The fraction of sp³-hybridized carbons (Fsp3) is 0.839. The normalized spacial score (nSPS) is 12.9. The SMILES string of the molecule is CCCCCC/C=C\C/C=C\CCCCCCCC(=O)OCCCCCCCCCCCCC/C=C\CCCCCCCCCC(=O)NC(CO)C(O)/C=C/CCCCCCCCCCCCC. The number of nitrogens with one attached hydrogen (secondary N) is 1. The molecule has 2 unspecified atom stereocenters. The van der Waals surface area contributed by atoms with Gasteiger partial charge in [0, 0.05) is 12.8 Å². The number of aliphatic hydroxyl groups is 2. The minimum Gasteiger partial charge on any atom is -0.466 e. The third kappa shape index (κ3) is 53.2. The van der Waals surface area contributed by atoms with E-state index in [1.807, 2.05) is 6.08 Å². The van der Waals surface area contributed by atoms with Gasteiger partial charge in [-0.2, -0.15) is 0 Å². The molecule has 68 heavy (non-hydrogen) atoms. The number of hydrogen-bond acceptors (Lipinski definition) is 5. The maximum Gasteiger partial charge on any atom is 0.305 e. The van der Waals surface area contributed by atoms with E-state index in [4.69, 9.17) is 4.74 Å². The molecule has 0 saturated heterocycles. The van der Waals surface area contributed by atoms with Crippen LogP contribution in [0.15, 0.2) is 48.6 Å². The van der Waals surface area contributed by atoms with E-state index in [0.29, 0.717) is 19.4 Å². The Morgan fingerprint density at radius 3 is 1.15 bits per heavy atom. The lowest BCUT2D eigenvalue weighted by atomic mass is 10.0. The van der Waals surface area contributed by atoms with Gasteiger partial charge < -0.3 is 20.3 Å². The molecule has 0 saturated carbocycles. The van der Waals surface area contributed by atoms with Gasteiger partial charge in [0.25, 0.3) is 0 Å².